The molecule has 23 heavy (non-hydrogen) atoms. The normalized spacial score (nSPS) is 22.2. The Labute approximate surface area is 135 Å². The van der Waals surface area contributed by atoms with Gasteiger partial charge in [-0.3, -0.25) is 9.48 Å². The SMILES string of the molecule is CCn1nccc1[C@@H]1OCC[C@H]1C(=O)N[C@H](C)Cn1ccnc1. The summed E-state index contributed by atoms with van der Waals surface area (Å²) in [6.45, 7) is 6.12. The largest absolute Gasteiger partial charge is 0.371 e. The molecule has 1 aliphatic rings. The Bertz CT molecular complexity index is 637. The van der Waals surface area contributed by atoms with Crippen molar-refractivity contribution in [2.75, 3.05) is 6.61 Å². The third-order valence-electron chi connectivity index (χ3n) is 4.20. The highest BCUT2D eigenvalue weighted by molar-refractivity contribution is 5.80. The Morgan fingerprint density at radius 2 is 2.39 bits per heavy atom. The fourth-order valence-electron chi connectivity index (χ4n) is 3.10. The van der Waals surface area contributed by atoms with Crippen LogP contribution in [0.5, 0.6) is 0 Å². The monoisotopic (exact) mass is 317 g/mol. The molecule has 0 unspecified atom stereocenters. The first-order chi connectivity index (χ1) is 11.2. The summed E-state index contributed by atoms with van der Waals surface area (Å²) in [6.07, 6.45) is 7.67. The Hall–Kier alpha value is -2.15. The van der Waals surface area contributed by atoms with Crippen LogP contribution in [0, 0.1) is 5.92 Å². The molecule has 0 radical (unpaired) electrons. The summed E-state index contributed by atoms with van der Waals surface area (Å²) in [6, 6.07) is 1.98. The van der Waals surface area contributed by atoms with Crippen molar-refractivity contribution in [3.63, 3.8) is 0 Å². The Kier molecular flexibility index (Phi) is 4.76. The van der Waals surface area contributed by atoms with Crippen LogP contribution in [0.25, 0.3) is 0 Å². The summed E-state index contributed by atoms with van der Waals surface area (Å²) in [5.41, 5.74) is 0.979. The van der Waals surface area contributed by atoms with Gasteiger partial charge in [0.15, 0.2) is 0 Å². The van der Waals surface area contributed by atoms with E-state index in [9.17, 15) is 4.79 Å². The van der Waals surface area contributed by atoms with Crippen molar-refractivity contribution < 1.29 is 9.53 Å². The zero-order valence-corrected chi connectivity index (χ0v) is 13.6. The van der Waals surface area contributed by atoms with Crippen LogP contribution in [0.15, 0.2) is 31.0 Å². The standard InChI is InChI=1S/C16H23N5O2/c1-3-21-14(4-6-18-21)15-13(5-9-23-15)16(22)19-12(2)10-20-8-7-17-11-20/h4,6-8,11-13,15H,3,5,9-10H2,1-2H3,(H,19,22)/t12-,13-,15-/m1/s1. The molecule has 3 atom stereocenters. The van der Waals surface area contributed by atoms with E-state index in [-0.39, 0.29) is 24.0 Å². The molecule has 0 aliphatic carbocycles. The van der Waals surface area contributed by atoms with Crippen LogP contribution in [-0.2, 0) is 22.6 Å². The third kappa shape index (κ3) is 3.44. The van der Waals surface area contributed by atoms with E-state index in [4.69, 9.17) is 4.74 Å². The number of aryl methyl sites for hydroxylation is 1. The molecule has 1 saturated heterocycles. The molecule has 0 bridgehead atoms. The van der Waals surface area contributed by atoms with Gasteiger partial charge in [-0.25, -0.2) is 4.98 Å². The van der Waals surface area contributed by atoms with E-state index in [0.29, 0.717) is 13.2 Å². The number of rotatable bonds is 6. The van der Waals surface area contributed by atoms with Crippen molar-refractivity contribution in [2.24, 2.45) is 5.92 Å². The summed E-state index contributed by atoms with van der Waals surface area (Å²) < 4.78 is 9.68. The van der Waals surface area contributed by atoms with Gasteiger partial charge in [-0.05, 0) is 26.3 Å². The van der Waals surface area contributed by atoms with E-state index in [1.807, 2.05) is 35.4 Å². The van der Waals surface area contributed by atoms with E-state index >= 15 is 0 Å². The highest BCUT2D eigenvalue weighted by Crippen LogP contribution is 2.34. The average Bonchev–Trinajstić information content (AvgIpc) is 3.27. The van der Waals surface area contributed by atoms with Crippen LogP contribution >= 0.6 is 0 Å². The minimum Gasteiger partial charge on any atom is -0.371 e. The number of nitrogens with one attached hydrogen (secondary N) is 1. The lowest BCUT2D eigenvalue weighted by Crippen LogP contribution is -2.40. The quantitative estimate of drug-likeness (QED) is 0.873. The summed E-state index contributed by atoms with van der Waals surface area (Å²) in [7, 11) is 0. The molecule has 7 nitrogen and oxygen atoms in total. The third-order valence-corrected chi connectivity index (χ3v) is 4.20. The van der Waals surface area contributed by atoms with Crippen LogP contribution in [0.2, 0.25) is 0 Å². The van der Waals surface area contributed by atoms with Crippen molar-refractivity contribution in [3.8, 4) is 0 Å². The fourth-order valence-corrected chi connectivity index (χ4v) is 3.10. The number of imidazole rings is 1. The Morgan fingerprint density at radius 1 is 1.52 bits per heavy atom. The Morgan fingerprint density at radius 3 is 3.13 bits per heavy atom. The molecule has 1 amide bonds. The van der Waals surface area contributed by atoms with Gasteiger partial charge in [0.1, 0.15) is 6.10 Å². The fraction of sp³-hybridized carbons (Fsp3) is 0.562. The number of amides is 1. The number of hydrogen-bond donors (Lipinski definition) is 1. The van der Waals surface area contributed by atoms with Crippen LogP contribution < -0.4 is 5.32 Å². The number of carbonyl (C=O) groups is 1. The second kappa shape index (κ2) is 6.95. The van der Waals surface area contributed by atoms with E-state index in [1.165, 1.54) is 0 Å². The number of aromatic nitrogens is 4. The highest BCUT2D eigenvalue weighted by atomic mass is 16.5. The van der Waals surface area contributed by atoms with E-state index in [2.05, 4.69) is 15.4 Å². The maximum absolute atomic E-state index is 12.6. The van der Waals surface area contributed by atoms with Gasteiger partial charge in [0.05, 0.1) is 17.9 Å². The predicted molar refractivity (Wildman–Crippen MR) is 84.5 cm³/mol. The van der Waals surface area contributed by atoms with Crippen LogP contribution in [-0.4, -0.2) is 37.9 Å². The van der Waals surface area contributed by atoms with Crippen molar-refractivity contribution in [2.45, 2.75) is 45.5 Å². The molecule has 1 aliphatic heterocycles. The summed E-state index contributed by atoms with van der Waals surface area (Å²) in [4.78, 5) is 16.7. The number of hydrogen-bond acceptors (Lipinski definition) is 4. The van der Waals surface area contributed by atoms with E-state index < -0.39 is 0 Å². The zero-order valence-electron chi connectivity index (χ0n) is 13.6. The highest BCUT2D eigenvalue weighted by Gasteiger charge is 2.37. The van der Waals surface area contributed by atoms with Gasteiger partial charge in [0, 0.05) is 44.3 Å². The first-order valence-electron chi connectivity index (χ1n) is 8.08. The van der Waals surface area contributed by atoms with E-state index in [0.717, 1.165) is 18.7 Å². The van der Waals surface area contributed by atoms with Crippen molar-refractivity contribution in [1.29, 1.82) is 0 Å². The van der Waals surface area contributed by atoms with Gasteiger partial charge < -0.3 is 14.6 Å². The summed E-state index contributed by atoms with van der Waals surface area (Å²) in [5.74, 6) is -0.119. The number of ether oxygens (including phenoxy) is 1. The first-order valence-corrected chi connectivity index (χ1v) is 8.08. The predicted octanol–water partition coefficient (Wildman–Crippen LogP) is 1.38. The van der Waals surface area contributed by atoms with Gasteiger partial charge in [-0.15, -0.1) is 0 Å². The molecule has 0 aromatic carbocycles. The smallest absolute Gasteiger partial charge is 0.226 e. The molecule has 3 heterocycles. The molecule has 1 fully saturated rings. The van der Waals surface area contributed by atoms with Crippen LogP contribution in [0.4, 0.5) is 0 Å². The van der Waals surface area contributed by atoms with Crippen LogP contribution in [0.1, 0.15) is 32.1 Å². The lowest BCUT2D eigenvalue weighted by atomic mass is 9.97. The molecule has 2 aromatic heterocycles. The minimum absolute atomic E-state index is 0.0361. The minimum atomic E-state index is -0.210. The van der Waals surface area contributed by atoms with Crippen molar-refractivity contribution in [3.05, 3.63) is 36.7 Å². The maximum Gasteiger partial charge on any atom is 0.226 e. The number of nitrogens with zero attached hydrogens (tertiary/aromatic N) is 4. The zero-order chi connectivity index (χ0) is 16.2. The van der Waals surface area contributed by atoms with Gasteiger partial charge >= 0.3 is 0 Å². The second-order valence-corrected chi connectivity index (χ2v) is 5.93. The summed E-state index contributed by atoms with van der Waals surface area (Å²) in [5, 5.41) is 7.37. The van der Waals surface area contributed by atoms with Crippen LogP contribution in [0.3, 0.4) is 0 Å². The van der Waals surface area contributed by atoms with Crippen molar-refractivity contribution >= 4 is 5.91 Å². The molecule has 1 N–H and O–H groups in total. The summed E-state index contributed by atoms with van der Waals surface area (Å²) >= 11 is 0. The topological polar surface area (TPSA) is 74.0 Å². The van der Waals surface area contributed by atoms with Gasteiger partial charge in [-0.1, -0.05) is 0 Å². The molecular weight excluding hydrogens is 294 g/mol. The average molecular weight is 317 g/mol. The lowest BCUT2D eigenvalue weighted by molar-refractivity contribution is -0.127. The van der Waals surface area contributed by atoms with Gasteiger partial charge in [0.2, 0.25) is 5.91 Å². The number of carbonyl (C=O) groups excluding carboxylic acids is 1. The maximum atomic E-state index is 12.6. The molecule has 0 saturated carbocycles. The molecule has 2 aromatic rings. The van der Waals surface area contributed by atoms with Gasteiger partial charge in [-0.2, -0.15) is 5.10 Å². The molecule has 3 rings (SSSR count). The first kappa shape index (κ1) is 15.7. The molecule has 7 heteroatoms. The second-order valence-electron chi connectivity index (χ2n) is 5.93. The molecule has 0 spiro atoms. The lowest BCUT2D eigenvalue weighted by Gasteiger charge is -2.21. The molecular formula is C16H23N5O2. The van der Waals surface area contributed by atoms with Gasteiger partial charge in [0.25, 0.3) is 0 Å². The van der Waals surface area contributed by atoms with E-state index in [1.54, 1.807) is 18.7 Å². The Balaban J connectivity index is 1.64. The van der Waals surface area contributed by atoms with Crippen molar-refractivity contribution in [1.82, 2.24) is 24.6 Å². The molecule has 124 valence electrons.